The average Bonchev–Trinajstić information content (AvgIpc) is 2.67. The van der Waals surface area contributed by atoms with Gasteiger partial charge < -0.3 is 4.74 Å². The molecule has 0 amide bonds. The molecule has 102 valence electrons. The van der Waals surface area contributed by atoms with Crippen molar-refractivity contribution >= 4 is 31.9 Å². The molecule has 0 aromatic carbocycles. The molecule has 2 heterocycles. The number of ether oxygens (including phenoxy) is 1. The number of rotatable bonds is 4. The lowest BCUT2D eigenvalue weighted by Gasteiger charge is -2.35. The molecule has 1 aromatic rings. The molecule has 0 saturated carbocycles. The molecule has 5 heteroatoms. The van der Waals surface area contributed by atoms with Crippen LogP contribution in [0.25, 0.3) is 0 Å². The molecule has 1 saturated heterocycles. The molecule has 18 heavy (non-hydrogen) atoms. The number of aryl methyl sites for hydroxylation is 2. The summed E-state index contributed by atoms with van der Waals surface area (Å²) in [6, 6.07) is 0. The van der Waals surface area contributed by atoms with Gasteiger partial charge in [-0.25, -0.2) is 0 Å². The standard InChI is InChI=1S/C13H20Br2N2O/c1-3-10-12(15)11(17(2)16-10)8-13(9-14)4-6-18-7-5-13/h3-9H2,1-2H3. The van der Waals surface area contributed by atoms with Crippen LogP contribution in [0.3, 0.4) is 0 Å². The first-order chi connectivity index (χ1) is 8.62. The van der Waals surface area contributed by atoms with E-state index in [9.17, 15) is 0 Å². The Balaban J connectivity index is 2.24. The zero-order valence-corrected chi connectivity index (χ0v) is 14.2. The van der Waals surface area contributed by atoms with Crippen molar-refractivity contribution in [3.63, 3.8) is 0 Å². The third kappa shape index (κ3) is 2.83. The van der Waals surface area contributed by atoms with Crippen LogP contribution in [0.2, 0.25) is 0 Å². The van der Waals surface area contributed by atoms with E-state index < -0.39 is 0 Å². The van der Waals surface area contributed by atoms with E-state index in [2.05, 4.69) is 43.9 Å². The maximum absolute atomic E-state index is 5.50. The van der Waals surface area contributed by atoms with Gasteiger partial charge in [-0.3, -0.25) is 4.68 Å². The average molecular weight is 380 g/mol. The van der Waals surface area contributed by atoms with Gasteiger partial charge in [-0.15, -0.1) is 0 Å². The molecular formula is C13H20Br2N2O. The van der Waals surface area contributed by atoms with Crippen LogP contribution in [0.15, 0.2) is 4.47 Å². The molecule has 0 atom stereocenters. The van der Waals surface area contributed by atoms with Crippen molar-refractivity contribution in [3.8, 4) is 0 Å². The van der Waals surface area contributed by atoms with E-state index in [4.69, 9.17) is 4.74 Å². The number of alkyl halides is 1. The molecule has 1 aromatic heterocycles. The van der Waals surface area contributed by atoms with E-state index >= 15 is 0 Å². The summed E-state index contributed by atoms with van der Waals surface area (Å²) >= 11 is 7.41. The highest BCUT2D eigenvalue weighted by Crippen LogP contribution is 2.38. The van der Waals surface area contributed by atoms with E-state index in [1.165, 1.54) is 10.2 Å². The van der Waals surface area contributed by atoms with Gasteiger partial charge in [0.25, 0.3) is 0 Å². The summed E-state index contributed by atoms with van der Waals surface area (Å²) in [4.78, 5) is 0. The highest BCUT2D eigenvalue weighted by atomic mass is 79.9. The number of halogens is 2. The lowest BCUT2D eigenvalue weighted by molar-refractivity contribution is 0.0261. The van der Waals surface area contributed by atoms with Crippen molar-refractivity contribution in [3.05, 3.63) is 15.9 Å². The third-order valence-corrected chi connectivity index (χ3v) is 5.99. The number of hydrogen-bond acceptors (Lipinski definition) is 2. The van der Waals surface area contributed by atoms with Crippen LogP contribution in [0.1, 0.15) is 31.2 Å². The summed E-state index contributed by atoms with van der Waals surface area (Å²) in [7, 11) is 2.04. The van der Waals surface area contributed by atoms with Crippen molar-refractivity contribution in [2.45, 2.75) is 32.6 Å². The first-order valence-electron chi connectivity index (χ1n) is 6.46. The van der Waals surface area contributed by atoms with Crippen LogP contribution in [0.4, 0.5) is 0 Å². The van der Waals surface area contributed by atoms with Crippen molar-refractivity contribution in [2.75, 3.05) is 18.5 Å². The minimum absolute atomic E-state index is 0.319. The Labute approximate surface area is 126 Å². The van der Waals surface area contributed by atoms with E-state index in [1.807, 2.05) is 11.7 Å². The summed E-state index contributed by atoms with van der Waals surface area (Å²) in [5.74, 6) is 0. The van der Waals surface area contributed by atoms with Crippen LogP contribution < -0.4 is 0 Å². The van der Waals surface area contributed by atoms with Gasteiger partial charge in [0, 0.05) is 25.6 Å². The van der Waals surface area contributed by atoms with Crippen molar-refractivity contribution in [2.24, 2.45) is 12.5 Å². The highest BCUT2D eigenvalue weighted by Gasteiger charge is 2.33. The van der Waals surface area contributed by atoms with Crippen LogP contribution >= 0.6 is 31.9 Å². The fourth-order valence-electron chi connectivity index (χ4n) is 2.53. The molecule has 1 aliphatic heterocycles. The summed E-state index contributed by atoms with van der Waals surface area (Å²) in [6.07, 6.45) is 4.28. The van der Waals surface area contributed by atoms with Gasteiger partial charge in [-0.2, -0.15) is 5.10 Å². The van der Waals surface area contributed by atoms with Crippen LogP contribution in [0, 0.1) is 5.41 Å². The quantitative estimate of drug-likeness (QED) is 0.749. The number of aromatic nitrogens is 2. The summed E-state index contributed by atoms with van der Waals surface area (Å²) in [5, 5.41) is 5.61. The molecule has 1 fully saturated rings. The predicted molar refractivity (Wildman–Crippen MR) is 80.3 cm³/mol. The molecule has 3 nitrogen and oxygen atoms in total. The fraction of sp³-hybridized carbons (Fsp3) is 0.769. The zero-order chi connectivity index (χ0) is 13.2. The molecule has 0 N–H and O–H groups in total. The molecule has 0 aliphatic carbocycles. The Kier molecular flexibility index (Phi) is 4.89. The minimum Gasteiger partial charge on any atom is -0.381 e. The van der Waals surface area contributed by atoms with Crippen molar-refractivity contribution < 1.29 is 4.74 Å². The lowest BCUT2D eigenvalue weighted by Crippen LogP contribution is -2.34. The second-order valence-electron chi connectivity index (χ2n) is 5.11. The smallest absolute Gasteiger partial charge is 0.0766 e. The monoisotopic (exact) mass is 378 g/mol. The SMILES string of the molecule is CCc1nn(C)c(CC2(CBr)CCOCC2)c1Br. The minimum atomic E-state index is 0.319. The number of nitrogens with zero attached hydrogens (tertiary/aromatic N) is 2. The summed E-state index contributed by atoms with van der Waals surface area (Å²) < 4.78 is 8.72. The Morgan fingerprint density at radius 1 is 1.39 bits per heavy atom. The molecule has 2 rings (SSSR count). The van der Waals surface area contributed by atoms with Crippen molar-refractivity contribution in [1.29, 1.82) is 0 Å². The second kappa shape index (κ2) is 6.06. The van der Waals surface area contributed by atoms with Gasteiger partial charge in [-0.05, 0) is 47.0 Å². The Hall–Kier alpha value is 0.130. The van der Waals surface area contributed by atoms with Gasteiger partial charge >= 0.3 is 0 Å². The van der Waals surface area contributed by atoms with Crippen LogP contribution in [-0.2, 0) is 24.6 Å². The third-order valence-electron chi connectivity index (χ3n) is 3.88. The van der Waals surface area contributed by atoms with Gasteiger partial charge in [0.1, 0.15) is 0 Å². The number of hydrogen-bond donors (Lipinski definition) is 0. The van der Waals surface area contributed by atoms with E-state index in [1.54, 1.807) is 0 Å². The predicted octanol–water partition coefficient (Wildman–Crippen LogP) is 3.48. The fourth-order valence-corrected chi connectivity index (χ4v) is 4.04. The Morgan fingerprint density at radius 2 is 2.06 bits per heavy atom. The molecule has 0 radical (unpaired) electrons. The van der Waals surface area contributed by atoms with Gasteiger partial charge in [0.05, 0.1) is 15.9 Å². The zero-order valence-electron chi connectivity index (χ0n) is 11.0. The van der Waals surface area contributed by atoms with Gasteiger partial charge in [-0.1, -0.05) is 22.9 Å². The van der Waals surface area contributed by atoms with Crippen LogP contribution in [-0.4, -0.2) is 28.3 Å². The Bertz CT molecular complexity index is 411. The van der Waals surface area contributed by atoms with Crippen molar-refractivity contribution in [1.82, 2.24) is 9.78 Å². The van der Waals surface area contributed by atoms with E-state index in [0.717, 1.165) is 49.9 Å². The maximum Gasteiger partial charge on any atom is 0.0766 e. The molecule has 0 spiro atoms. The maximum atomic E-state index is 5.50. The summed E-state index contributed by atoms with van der Waals surface area (Å²) in [6.45, 7) is 3.90. The molecule has 0 unspecified atom stereocenters. The first-order valence-corrected chi connectivity index (χ1v) is 8.37. The van der Waals surface area contributed by atoms with E-state index in [-0.39, 0.29) is 0 Å². The van der Waals surface area contributed by atoms with Gasteiger partial charge in [0.2, 0.25) is 0 Å². The van der Waals surface area contributed by atoms with Crippen LogP contribution in [0.5, 0.6) is 0 Å². The Morgan fingerprint density at radius 3 is 2.56 bits per heavy atom. The highest BCUT2D eigenvalue weighted by molar-refractivity contribution is 9.10. The van der Waals surface area contributed by atoms with Gasteiger partial charge in [0.15, 0.2) is 0 Å². The normalized spacial score (nSPS) is 19.1. The largest absolute Gasteiger partial charge is 0.381 e. The van der Waals surface area contributed by atoms with E-state index in [0.29, 0.717) is 5.41 Å². The molecule has 1 aliphatic rings. The second-order valence-corrected chi connectivity index (χ2v) is 6.46. The molecular weight excluding hydrogens is 360 g/mol. The summed E-state index contributed by atoms with van der Waals surface area (Å²) in [5.41, 5.74) is 2.79. The first kappa shape index (κ1) is 14.5. The molecule has 0 bridgehead atoms. The topological polar surface area (TPSA) is 27.1 Å². The lowest BCUT2D eigenvalue weighted by atomic mass is 9.78.